The predicted octanol–water partition coefficient (Wildman–Crippen LogP) is 1.69. The van der Waals surface area contributed by atoms with Crippen molar-refractivity contribution in [3.63, 3.8) is 0 Å². The quantitative estimate of drug-likeness (QED) is 0.624. The van der Waals surface area contributed by atoms with E-state index in [9.17, 15) is 0 Å². The number of fused-ring (bicyclic) bond motifs is 1. The first-order valence-corrected chi connectivity index (χ1v) is 4.86. The number of hydrogen-bond donors (Lipinski definition) is 0. The molecule has 0 bridgehead atoms. The second-order valence-electron chi connectivity index (χ2n) is 2.52. The monoisotopic (exact) mass is 179 g/mol. The highest BCUT2D eigenvalue weighted by Gasteiger charge is 2.04. The summed E-state index contributed by atoms with van der Waals surface area (Å²) >= 11 is 1.65. The Labute approximate surface area is 74.8 Å². The molecular formula is C8H9N3S. The number of nitrogens with zero attached hydrogens (tertiary/aromatic N) is 3. The van der Waals surface area contributed by atoms with E-state index >= 15 is 0 Å². The van der Waals surface area contributed by atoms with Gasteiger partial charge in [0, 0.05) is 13.2 Å². The molecule has 0 fully saturated rings. The molecular weight excluding hydrogens is 170 g/mol. The second kappa shape index (κ2) is 2.79. The molecule has 3 nitrogen and oxygen atoms in total. The van der Waals surface area contributed by atoms with Gasteiger partial charge in [-0.3, -0.25) is 4.98 Å². The minimum Gasteiger partial charge on any atom is -0.321 e. The Morgan fingerprint density at radius 2 is 2.33 bits per heavy atom. The zero-order chi connectivity index (χ0) is 8.55. The fourth-order valence-electron chi connectivity index (χ4n) is 1.20. The van der Waals surface area contributed by atoms with Crippen LogP contribution in [0.5, 0.6) is 0 Å². The maximum atomic E-state index is 4.42. The average molecular weight is 179 g/mol. The normalized spacial score (nSPS) is 10.8. The molecule has 12 heavy (non-hydrogen) atoms. The Kier molecular flexibility index (Phi) is 1.77. The summed E-state index contributed by atoms with van der Waals surface area (Å²) in [6.45, 7) is 0. The molecule has 2 heterocycles. The third-order valence-corrected chi connectivity index (χ3v) is 2.55. The maximum absolute atomic E-state index is 4.42. The Morgan fingerprint density at radius 3 is 3.00 bits per heavy atom. The number of hydrogen-bond acceptors (Lipinski definition) is 3. The summed E-state index contributed by atoms with van der Waals surface area (Å²) in [5.74, 6) is 0. The molecule has 0 aromatic carbocycles. The summed E-state index contributed by atoms with van der Waals surface area (Å²) < 4.78 is 2.05. The highest BCUT2D eigenvalue weighted by molar-refractivity contribution is 7.98. The van der Waals surface area contributed by atoms with Crippen molar-refractivity contribution in [3.05, 3.63) is 18.5 Å². The first-order valence-electron chi connectivity index (χ1n) is 3.63. The van der Waals surface area contributed by atoms with Crippen LogP contribution >= 0.6 is 11.8 Å². The van der Waals surface area contributed by atoms with Crippen LogP contribution in [0.2, 0.25) is 0 Å². The van der Waals surface area contributed by atoms with Gasteiger partial charge in [-0.2, -0.15) is 0 Å². The van der Waals surface area contributed by atoms with Crippen molar-refractivity contribution < 1.29 is 0 Å². The van der Waals surface area contributed by atoms with E-state index in [1.165, 1.54) is 0 Å². The molecule has 2 aromatic heterocycles. The van der Waals surface area contributed by atoms with Crippen molar-refractivity contribution in [3.8, 4) is 0 Å². The van der Waals surface area contributed by atoms with Crippen molar-refractivity contribution in [2.45, 2.75) is 5.16 Å². The Bertz CT molecular complexity index is 408. The standard InChI is InChI=1S/C8H9N3S/c1-11-7-5-9-4-3-6(7)10-8(11)12-2/h3-5H,1-2H3. The van der Waals surface area contributed by atoms with Crippen LogP contribution in [0.25, 0.3) is 11.0 Å². The molecule has 0 radical (unpaired) electrons. The van der Waals surface area contributed by atoms with Crippen LogP contribution in [-0.4, -0.2) is 20.8 Å². The zero-order valence-electron chi connectivity index (χ0n) is 6.98. The van der Waals surface area contributed by atoms with E-state index in [0.29, 0.717) is 0 Å². The van der Waals surface area contributed by atoms with Crippen molar-refractivity contribution >= 4 is 22.8 Å². The lowest BCUT2D eigenvalue weighted by atomic mass is 10.4. The van der Waals surface area contributed by atoms with Gasteiger partial charge in [-0.1, -0.05) is 11.8 Å². The van der Waals surface area contributed by atoms with Crippen LogP contribution in [0.4, 0.5) is 0 Å². The summed E-state index contributed by atoms with van der Waals surface area (Å²) in [4.78, 5) is 8.47. The molecule has 0 aliphatic carbocycles. The number of aryl methyl sites for hydroxylation is 1. The lowest BCUT2D eigenvalue weighted by Crippen LogP contribution is -1.89. The smallest absolute Gasteiger partial charge is 0.168 e. The van der Waals surface area contributed by atoms with E-state index in [2.05, 4.69) is 9.97 Å². The SMILES string of the molecule is CSc1nc2ccncc2n1C. The van der Waals surface area contributed by atoms with E-state index < -0.39 is 0 Å². The number of pyridine rings is 1. The third-order valence-electron chi connectivity index (χ3n) is 1.82. The topological polar surface area (TPSA) is 30.7 Å². The van der Waals surface area contributed by atoms with Crippen LogP contribution in [0, 0.1) is 0 Å². The van der Waals surface area contributed by atoms with E-state index in [1.54, 1.807) is 18.0 Å². The molecule has 2 rings (SSSR count). The predicted molar refractivity (Wildman–Crippen MR) is 50.3 cm³/mol. The van der Waals surface area contributed by atoms with Gasteiger partial charge in [-0.25, -0.2) is 4.98 Å². The number of thioether (sulfide) groups is 1. The molecule has 0 atom stereocenters. The van der Waals surface area contributed by atoms with Gasteiger partial charge in [-0.05, 0) is 12.3 Å². The fourth-order valence-corrected chi connectivity index (χ4v) is 1.76. The molecule has 0 aliphatic heterocycles. The molecule has 2 aromatic rings. The molecule has 4 heteroatoms. The third kappa shape index (κ3) is 0.992. The Balaban J connectivity index is 2.78. The lowest BCUT2D eigenvalue weighted by molar-refractivity contribution is 0.815. The van der Waals surface area contributed by atoms with Crippen LogP contribution in [0.3, 0.4) is 0 Å². The average Bonchev–Trinajstić information content (AvgIpc) is 2.44. The lowest BCUT2D eigenvalue weighted by Gasteiger charge is -1.95. The molecule has 0 saturated heterocycles. The molecule has 0 aliphatic rings. The fraction of sp³-hybridized carbons (Fsp3) is 0.250. The summed E-state index contributed by atoms with van der Waals surface area (Å²) in [5.41, 5.74) is 2.10. The van der Waals surface area contributed by atoms with E-state index in [4.69, 9.17) is 0 Å². The van der Waals surface area contributed by atoms with Gasteiger partial charge in [0.25, 0.3) is 0 Å². The number of imidazole rings is 1. The molecule has 62 valence electrons. The Morgan fingerprint density at radius 1 is 1.50 bits per heavy atom. The summed E-state index contributed by atoms with van der Waals surface area (Å²) in [7, 11) is 2.00. The summed E-state index contributed by atoms with van der Waals surface area (Å²) in [6, 6.07) is 1.93. The highest BCUT2D eigenvalue weighted by atomic mass is 32.2. The largest absolute Gasteiger partial charge is 0.321 e. The first-order chi connectivity index (χ1) is 5.83. The summed E-state index contributed by atoms with van der Waals surface area (Å²) in [6.07, 6.45) is 5.62. The highest BCUT2D eigenvalue weighted by Crippen LogP contribution is 2.19. The molecule has 0 amide bonds. The van der Waals surface area contributed by atoms with Gasteiger partial charge in [0.05, 0.1) is 17.2 Å². The zero-order valence-corrected chi connectivity index (χ0v) is 7.80. The van der Waals surface area contributed by atoms with E-state index in [-0.39, 0.29) is 0 Å². The minimum absolute atomic E-state index is 1.01. The first kappa shape index (κ1) is 7.61. The van der Waals surface area contributed by atoms with Gasteiger partial charge in [0.15, 0.2) is 5.16 Å². The summed E-state index contributed by atoms with van der Waals surface area (Å²) in [5, 5.41) is 1.03. The molecule has 0 unspecified atom stereocenters. The van der Waals surface area contributed by atoms with Gasteiger partial charge in [0.2, 0.25) is 0 Å². The van der Waals surface area contributed by atoms with Crippen LogP contribution < -0.4 is 0 Å². The molecule has 0 saturated carbocycles. The van der Waals surface area contributed by atoms with Crippen molar-refractivity contribution in [2.75, 3.05) is 6.26 Å². The van der Waals surface area contributed by atoms with Crippen LogP contribution in [0.1, 0.15) is 0 Å². The van der Waals surface area contributed by atoms with Crippen LogP contribution in [0.15, 0.2) is 23.6 Å². The molecule has 0 spiro atoms. The maximum Gasteiger partial charge on any atom is 0.168 e. The Hall–Kier alpha value is -1.03. The van der Waals surface area contributed by atoms with E-state index in [1.807, 2.05) is 30.1 Å². The van der Waals surface area contributed by atoms with Crippen molar-refractivity contribution in [1.29, 1.82) is 0 Å². The molecule has 0 N–H and O–H groups in total. The van der Waals surface area contributed by atoms with Gasteiger partial charge in [-0.15, -0.1) is 0 Å². The van der Waals surface area contributed by atoms with Crippen molar-refractivity contribution in [1.82, 2.24) is 14.5 Å². The van der Waals surface area contributed by atoms with Crippen molar-refractivity contribution in [2.24, 2.45) is 7.05 Å². The van der Waals surface area contributed by atoms with E-state index in [0.717, 1.165) is 16.2 Å². The number of aromatic nitrogens is 3. The van der Waals surface area contributed by atoms with Gasteiger partial charge >= 0.3 is 0 Å². The van der Waals surface area contributed by atoms with Crippen LogP contribution in [-0.2, 0) is 7.05 Å². The minimum atomic E-state index is 1.01. The van der Waals surface area contributed by atoms with Gasteiger partial charge in [0.1, 0.15) is 0 Å². The second-order valence-corrected chi connectivity index (χ2v) is 3.30. The van der Waals surface area contributed by atoms with Gasteiger partial charge < -0.3 is 4.57 Å². The number of rotatable bonds is 1.